The van der Waals surface area contributed by atoms with Crippen LogP contribution in [0.4, 0.5) is 11.4 Å². The van der Waals surface area contributed by atoms with E-state index in [-0.39, 0.29) is 5.91 Å². The number of thioether (sulfide) groups is 1. The molecule has 2 rings (SSSR count). The smallest absolute Gasteiger partial charge is 0.225 e. The third-order valence-corrected chi connectivity index (χ3v) is 3.78. The molecular formula is C15H18N2O3S. The zero-order valence-electron chi connectivity index (χ0n) is 11.8. The Balaban J connectivity index is 1.77. The number of carbonyl (C=O) groups is 1. The van der Waals surface area contributed by atoms with Gasteiger partial charge in [0.1, 0.15) is 11.5 Å². The summed E-state index contributed by atoms with van der Waals surface area (Å²) in [5.41, 5.74) is 6.89. The van der Waals surface area contributed by atoms with Crippen molar-refractivity contribution in [3.63, 3.8) is 0 Å². The first-order valence-electron chi connectivity index (χ1n) is 6.52. The molecule has 0 aliphatic rings. The van der Waals surface area contributed by atoms with Gasteiger partial charge in [-0.3, -0.25) is 4.79 Å². The summed E-state index contributed by atoms with van der Waals surface area (Å²) in [5.74, 6) is 2.93. The van der Waals surface area contributed by atoms with Crippen LogP contribution in [0.3, 0.4) is 0 Å². The average molecular weight is 306 g/mol. The van der Waals surface area contributed by atoms with Crippen LogP contribution in [0.25, 0.3) is 0 Å². The maximum Gasteiger partial charge on any atom is 0.225 e. The Kier molecular flexibility index (Phi) is 5.57. The number of methoxy groups -OCH3 is 1. The van der Waals surface area contributed by atoms with E-state index in [1.807, 2.05) is 12.1 Å². The van der Waals surface area contributed by atoms with E-state index in [1.54, 1.807) is 43.3 Å². The molecule has 0 aliphatic heterocycles. The molecule has 0 aliphatic carbocycles. The van der Waals surface area contributed by atoms with Gasteiger partial charge in [-0.1, -0.05) is 0 Å². The van der Waals surface area contributed by atoms with Gasteiger partial charge >= 0.3 is 0 Å². The monoisotopic (exact) mass is 306 g/mol. The number of benzene rings is 1. The summed E-state index contributed by atoms with van der Waals surface area (Å²) in [6, 6.07) is 8.93. The number of nitrogens with two attached hydrogens (primary N) is 1. The summed E-state index contributed by atoms with van der Waals surface area (Å²) in [5, 5.41) is 2.82. The van der Waals surface area contributed by atoms with Gasteiger partial charge in [-0.2, -0.15) is 11.8 Å². The van der Waals surface area contributed by atoms with Crippen LogP contribution in [-0.2, 0) is 10.5 Å². The lowest BCUT2D eigenvalue weighted by Crippen LogP contribution is -2.13. The minimum Gasteiger partial charge on any atom is -0.495 e. The van der Waals surface area contributed by atoms with Crippen LogP contribution in [0.1, 0.15) is 12.2 Å². The number of carbonyl (C=O) groups excluding carboxylic acids is 1. The molecule has 5 nitrogen and oxygen atoms in total. The van der Waals surface area contributed by atoms with Crippen molar-refractivity contribution in [1.29, 1.82) is 0 Å². The number of rotatable bonds is 7. The number of amides is 1. The standard InChI is InChI=1S/C15H18N2O3S/c1-19-14-5-4-11(16)9-13(14)17-15(18)6-8-21-10-12-3-2-7-20-12/h2-5,7,9H,6,8,10,16H2,1H3,(H,17,18). The quantitative estimate of drug-likeness (QED) is 0.607. The Morgan fingerprint density at radius 2 is 2.29 bits per heavy atom. The third-order valence-electron chi connectivity index (χ3n) is 2.80. The molecule has 0 spiro atoms. The van der Waals surface area contributed by atoms with Gasteiger partial charge in [0.25, 0.3) is 0 Å². The Labute approximate surface area is 127 Å². The van der Waals surface area contributed by atoms with Crippen molar-refractivity contribution >= 4 is 29.0 Å². The molecule has 1 aromatic heterocycles. The Bertz CT molecular complexity index is 585. The van der Waals surface area contributed by atoms with Crippen molar-refractivity contribution in [2.45, 2.75) is 12.2 Å². The number of hydrogen-bond donors (Lipinski definition) is 2. The first kappa shape index (κ1) is 15.3. The zero-order chi connectivity index (χ0) is 15.1. The minimum atomic E-state index is -0.0640. The van der Waals surface area contributed by atoms with Gasteiger partial charge in [0.05, 0.1) is 24.8 Å². The van der Waals surface area contributed by atoms with Gasteiger partial charge in [-0.05, 0) is 30.3 Å². The molecule has 0 unspecified atom stereocenters. The number of ether oxygens (including phenoxy) is 1. The topological polar surface area (TPSA) is 77.5 Å². The summed E-state index contributed by atoms with van der Waals surface area (Å²) >= 11 is 1.65. The number of nitrogen functional groups attached to an aromatic ring is 1. The van der Waals surface area contributed by atoms with Crippen LogP contribution in [0.2, 0.25) is 0 Å². The lowest BCUT2D eigenvalue weighted by atomic mass is 10.2. The fourth-order valence-corrected chi connectivity index (χ4v) is 2.61. The summed E-state index contributed by atoms with van der Waals surface area (Å²) < 4.78 is 10.4. The van der Waals surface area contributed by atoms with Crippen LogP contribution in [-0.4, -0.2) is 18.8 Å². The fourth-order valence-electron chi connectivity index (χ4n) is 1.77. The van der Waals surface area contributed by atoms with E-state index in [2.05, 4.69) is 5.32 Å². The molecule has 0 bridgehead atoms. The Hall–Kier alpha value is -2.08. The first-order valence-corrected chi connectivity index (χ1v) is 7.68. The molecule has 112 valence electrons. The highest BCUT2D eigenvalue weighted by molar-refractivity contribution is 7.98. The molecule has 1 heterocycles. The summed E-state index contributed by atoms with van der Waals surface area (Å²) in [6.45, 7) is 0. The van der Waals surface area contributed by atoms with Gasteiger partial charge in [0, 0.05) is 17.9 Å². The molecule has 0 atom stereocenters. The predicted octanol–water partition coefficient (Wildman–Crippen LogP) is 3.13. The molecule has 1 amide bonds. The molecule has 1 aromatic carbocycles. The second-order valence-corrected chi connectivity index (χ2v) is 5.50. The highest BCUT2D eigenvalue weighted by Crippen LogP contribution is 2.26. The van der Waals surface area contributed by atoms with E-state index in [9.17, 15) is 4.79 Å². The van der Waals surface area contributed by atoms with Gasteiger partial charge in [-0.25, -0.2) is 0 Å². The Morgan fingerprint density at radius 3 is 3.00 bits per heavy atom. The van der Waals surface area contributed by atoms with E-state index in [0.29, 0.717) is 23.5 Å². The number of hydrogen-bond acceptors (Lipinski definition) is 5. The fraction of sp³-hybridized carbons (Fsp3) is 0.267. The second-order valence-electron chi connectivity index (χ2n) is 4.39. The SMILES string of the molecule is COc1ccc(N)cc1NC(=O)CCSCc1ccco1. The molecule has 0 saturated carbocycles. The molecule has 21 heavy (non-hydrogen) atoms. The third kappa shape index (κ3) is 4.75. The van der Waals surface area contributed by atoms with Crippen molar-refractivity contribution in [1.82, 2.24) is 0 Å². The highest BCUT2D eigenvalue weighted by atomic mass is 32.2. The average Bonchev–Trinajstić information content (AvgIpc) is 2.97. The summed E-state index contributed by atoms with van der Waals surface area (Å²) in [6.07, 6.45) is 2.07. The van der Waals surface area contributed by atoms with Crippen LogP contribution in [0.5, 0.6) is 5.75 Å². The van der Waals surface area contributed by atoms with Gasteiger partial charge < -0.3 is 20.2 Å². The normalized spacial score (nSPS) is 10.3. The molecule has 0 fully saturated rings. The molecule has 6 heteroatoms. The van der Waals surface area contributed by atoms with Crippen LogP contribution in [0, 0.1) is 0 Å². The first-order chi connectivity index (χ1) is 10.2. The highest BCUT2D eigenvalue weighted by Gasteiger charge is 2.08. The van der Waals surface area contributed by atoms with Crippen molar-refractivity contribution in [3.8, 4) is 5.75 Å². The number of anilines is 2. The lowest BCUT2D eigenvalue weighted by Gasteiger charge is -2.10. The van der Waals surface area contributed by atoms with E-state index in [4.69, 9.17) is 14.9 Å². The number of furan rings is 1. The van der Waals surface area contributed by atoms with Crippen molar-refractivity contribution in [3.05, 3.63) is 42.4 Å². The van der Waals surface area contributed by atoms with Gasteiger partial charge in [0.2, 0.25) is 5.91 Å². The van der Waals surface area contributed by atoms with E-state index >= 15 is 0 Å². The van der Waals surface area contributed by atoms with Crippen LogP contribution in [0.15, 0.2) is 41.0 Å². The largest absolute Gasteiger partial charge is 0.495 e. The predicted molar refractivity (Wildman–Crippen MR) is 85.5 cm³/mol. The Morgan fingerprint density at radius 1 is 1.43 bits per heavy atom. The van der Waals surface area contributed by atoms with Crippen molar-refractivity contribution in [2.24, 2.45) is 0 Å². The summed E-state index contributed by atoms with van der Waals surface area (Å²) in [4.78, 5) is 11.9. The molecule has 0 radical (unpaired) electrons. The van der Waals surface area contributed by atoms with E-state index in [0.717, 1.165) is 17.3 Å². The molecule has 3 N–H and O–H groups in total. The number of nitrogens with one attached hydrogen (secondary N) is 1. The van der Waals surface area contributed by atoms with E-state index < -0.39 is 0 Å². The maximum absolute atomic E-state index is 11.9. The minimum absolute atomic E-state index is 0.0640. The van der Waals surface area contributed by atoms with Gasteiger partial charge in [0.15, 0.2) is 0 Å². The van der Waals surface area contributed by atoms with E-state index in [1.165, 1.54) is 0 Å². The van der Waals surface area contributed by atoms with Crippen molar-refractivity contribution < 1.29 is 13.9 Å². The molecule has 2 aromatic rings. The van der Waals surface area contributed by atoms with Crippen molar-refractivity contribution in [2.75, 3.05) is 23.9 Å². The molecular weight excluding hydrogens is 288 g/mol. The second kappa shape index (κ2) is 7.64. The lowest BCUT2D eigenvalue weighted by molar-refractivity contribution is -0.115. The van der Waals surface area contributed by atoms with Gasteiger partial charge in [-0.15, -0.1) is 0 Å². The van der Waals surface area contributed by atoms with Crippen LogP contribution >= 0.6 is 11.8 Å². The van der Waals surface area contributed by atoms with Crippen LogP contribution < -0.4 is 15.8 Å². The molecule has 0 saturated heterocycles. The zero-order valence-corrected chi connectivity index (χ0v) is 12.6. The summed E-state index contributed by atoms with van der Waals surface area (Å²) in [7, 11) is 1.56. The maximum atomic E-state index is 11.9.